The van der Waals surface area contributed by atoms with Crippen LogP contribution >= 0.6 is 0 Å². The van der Waals surface area contributed by atoms with E-state index in [2.05, 4.69) is 4.98 Å². The Balaban J connectivity index is 2.27. The zero-order chi connectivity index (χ0) is 12.5. The lowest BCUT2D eigenvalue weighted by molar-refractivity contribution is -0.118. The summed E-state index contributed by atoms with van der Waals surface area (Å²) in [5.74, 6) is -0.949. The van der Waals surface area contributed by atoms with Crippen LogP contribution < -0.4 is 0 Å². The third-order valence-electron chi connectivity index (χ3n) is 2.99. The number of ketones is 1. The molecule has 1 aliphatic carbocycles. The number of sulfone groups is 1. The molecule has 0 spiro atoms. The van der Waals surface area contributed by atoms with Gasteiger partial charge >= 0.3 is 0 Å². The highest BCUT2D eigenvalue weighted by Gasteiger charge is 2.29. The minimum atomic E-state index is -3.25. The van der Waals surface area contributed by atoms with Crippen LogP contribution in [0.15, 0.2) is 18.3 Å². The quantitative estimate of drug-likeness (QED) is 0.809. The summed E-state index contributed by atoms with van der Waals surface area (Å²) in [6.07, 6.45) is 5.29. The predicted octanol–water partition coefficient (Wildman–Crippen LogP) is 1.12. The van der Waals surface area contributed by atoms with E-state index < -0.39 is 9.84 Å². The molecule has 1 atom stereocenters. The monoisotopic (exact) mass is 253 g/mol. The highest BCUT2D eigenvalue weighted by Crippen LogP contribution is 2.30. The van der Waals surface area contributed by atoms with E-state index in [1.54, 1.807) is 6.20 Å². The first-order chi connectivity index (χ1) is 7.97. The lowest BCUT2D eigenvalue weighted by Gasteiger charge is -2.22. The second-order valence-electron chi connectivity index (χ2n) is 4.53. The van der Waals surface area contributed by atoms with Gasteiger partial charge in [0, 0.05) is 12.5 Å². The molecule has 92 valence electrons. The molecule has 0 saturated carbocycles. The normalized spacial score (nSPS) is 19.7. The number of carbonyl (C=O) groups is 1. The molecule has 1 heterocycles. The highest BCUT2D eigenvalue weighted by atomic mass is 32.2. The number of rotatable bonds is 3. The van der Waals surface area contributed by atoms with Crippen molar-refractivity contribution in [2.75, 3.05) is 12.0 Å². The molecule has 0 saturated heterocycles. The van der Waals surface area contributed by atoms with Gasteiger partial charge in [0.1, 0.15) is 5.75 Å². The molecule has 0 bridgehead atoms. The first-order valence-electron chi connectivity index (χ1n) is 5.61. The average molecular weight is 253 g/mol. The standard InChI is InChI=1S/C12H15NO3S/c1-17(15,16)8-11(14)10-6-2-4-9-5-3-7-13-12(9)10/h3,5,7,10H,2,4,6,8H2,1H3. The number of Topliss-reactive ketones (excluding diaryl/α,β-unsaturated/α-hetero) is 1. The number of aromatic nitrogens is 1. The summed E-state index contributed by atoms with van der Waals surface area (Å²) in [7, 11) is -3.25. The van der Waals surface area contributed by atoms with Gasteiger partial charge in [-0.2, -0.15) is 0 Å². The van der Waals surface area contributed by atoms with Gasteiger partial charge in [0.25, 0.3) is 0 Å². The fourth-order valence-electron chi connectivity index (χ4n) is 2.28. The molecule has 2 rings (SSSR count). The van der Waals surface area contributed by atoms with Crippen LogP contribution in [0.3, 0.4) is 0 Å². The lowest BCUT2D eigenvalue weighted by atomic mass is 9.84. The van der Waals surface area contributed by atoms with Gasteiger partial charge in [-0.25, -0.2) is 8.42 Å². The third kappa shape index (κ3) is 2.91. The molecule has 0 aromatic carbocycles. The van der Waals surface area contributed by atoms with Crippen molar-refractivity contribution in [2.24, 2.45) is 0 Å². The Morgan fingerprint density at radius 1 is 1.53 bits per heavy atom. The summed E-state index contributed by atoms with van der Waals surface area (Å²) in [6, 6.07) is 3.81. The number of pyridine rings is 1. The Morgan fingerprint density at radius 2 is 2.29 bits per heavy atom. The largest absolute Gasteiger partial charge is 0.298 e. The van der Waals surface area contributed by atoms with Crippen molar-refractivity contribution in [1.29, 1.82) is 0 Å². The van der Waals surface area contributed by atoms with Crippen molar-refractivity contribution in [3.8, 4) is 0 Å². The minimum absolute atomic E-state index is 0.229. The third-order valence-corrected chi connectivity index (χ3v) is 3.80. The maximum Gasteiger partial charge on any atom is 0.156 e. The van der Waals surface area contributed by atoms with Gasteiger partial charge in [-0.15, -0.1) is 0 Å². The molecule has 0 radical (unpaired) electrons. The number of carbonyl (C=O) groups excluding carboxylic acids is 1. The predicted molar refractivity (Wildman–Crippen MR) is 64.6 cm³/mol. The van der Waals surface area contributed by atoms with E-state index in [1.807, 2.05) is 12.1 Å². The van der Waals surface area contributed by atoms with Crippen molar-refractivity contribution in [2.45, 2.75) is 25.2 Å². The molecule has 0 fully saturated rings. The minimum Gasteiger partial charge on any atom is -0.298 e. The van der Waals surface area contributed by atoms with E-state index in [9.17, 15) is 13.2 Å². The summed E-state index contributed by atoms with van der Waals surface area (Å²) in [6.45, 7) is 0. The topological polar surface area (TPSA) is 64.1 Å². The molecule has 1 aromatic heterocycles. The van der Waals surface area contributed by atoms with Crippen LogP contribution in [0.5, 0.6) is 0 Å². The Morgan fingerprint density at radius 3 is 3.00 bits per heavy atom. The Kier molecular flexibility index (Phi) is 3.28. The van der Waals surface area contributed by atoms with Gasteiger partial charge in [0.15, 0.2) is 15.6 Å². The van der Waals surface area contributed by atoms with Crippen molar-refractivity contribution in [3.63, 3.8) is 0 Å². The molecular formula is C12H15NO3S. The Labute approximate surface area is 101 Å². The van der Waals surface area contributed by atoms with Crippen molar-refractivity contribution >= 4 is 15.6 Å². The van der Waals surface area contributed by atoms with Gasteiger partial charge in [-0.1, -0.05) is 6.07 Å². The van der Waals surface area contributed by atoms with E-state index >= 15 is 0 Å². The van der Waals surface area contributed by atoms with E-state index in [0.29, 0.717) is 6.42 Å². The first-order valence-corrected chi connectivity index (χ1v) is 7.67. The molecule has 1 aromatic rings. The number of nitrogens with zero attached hydrogens (tertiary/aromatic N) is 1. The van der Waals surface area contributed by atoms with Crippen LogP contribution in [0.1, 0.15) is 30.0 Å². The van der Waals surface area contributed by atoms with Crippen LogP contribution in [-0.2, 0) is 21.1 Å². The zero-order valence-electron chi connectivity index (χ0n) is 9.72. The van der Waals surface area contributed by atoms with Gasteiger partial charge in [-0.3, -0.25) is 9.78 Å². The summed E-state index contributed by atoms with van der Waals surface area (Å²) in [5.41, 5.74) is 1.85. The van der Waals surface area contributed by atoms with Crippen LogP contribution in [0, 0.1) is 0 Å². The summed E-state index contributed by atoms with van der Waals surface area (Å²) in [5, 5.41) is 0. The smallest absolute Gasteiger partial charge is 0.156 e. The second-order valence-corrected chi connectivity index (χ2v) is 6.67. The van der Waals surface area contributed by atoms with E-state index in [4.69, 9.17) is 0 Å². The number of aryl methyl sites for hydroxylation is 1. The molecule has 17 heavy (non-hydrogen) atoms. The molecule has 0 aliphatic heterocycles. The van der Waals surface area contributed by atoms with E-state index in [-0.39, 0.29) is 17.5 Å². The fraction of sp³-hybridized carbons (Fsp3) is 0.500. The number of fused-ring (bicyclic) bond motifs is 1. The summed E-state index contributed by atoms with van der Waals surface area (Å²) in [4.78, 5) is 16.2. The maximum absolute atomic E-state index is 12.0. The van der Waals surface area contributed by atoms with Crippen LogP contribution in [-0.4, -0.2) is 31.2 Å². The molecule has 5 heteroatoms. The molecule has 0 amide bonds. The SMILES string of the molecule is CS(=O)(=O)CC(=O)C1CCCc2cccnc21. The fourth-order valence-corrected chi connectivity index (χ4v) is 3.00. The van der Waals surface area contributed by atoms with Crippen LogP contribution in [0.2, 0.25) is 0 Å². The van der Waals surface area contributed by atoms with E-state index in [1.165, 1.54) is 0 Å². The summed E-state index contributed by atoms with van der Waals surface area (Å²) >= 11 is 0. The van der Waals surface area contributed by atoms with Gasteiger partial charge in [0.2, 0.25) is 0 Å². The lowest BCUT2D eigenvalue weighted by Crippen LogP contribution is -2.25. The van der Waals surface area contributed by atoms with Gasteiger partial charge in [-0.05, 0) is 30.9 Å². The average Bonchev–Trinajstić information content (AvgIpc) is 2.26. The van der Waals surface area contributed by atoms with Gasteiger partial charge in [0.05, 0.1) is 11.6 Å². The highest BCUT2D eigenvalue weighted by molar-refractivity contribution is 7.91. The van der Waals surface area contributed by atoms with Crippen molar-refractivity contribution < 1.29 is 13.2 Å². The van der Waals surface area contributed by atoms with Gasteiger partial charge < -0.3 is 0 Å². The molecular weight excluding hydrogens is 238 g/mol. The Bertz CT molecular complexity index is 536. The molecule has 0 N–H and O–H groups in total. The molecule has 4 nitrogen and oxygen atoms in total. The maximum atomic E-state index is 12.0. The first kappa shape index (κ1) is 12.2. The van der Waals surface area contributed by atoms with E-state index in [0.717, 1.165) is 30.4 Å². The van der Waals surface area contributed by atoms with Crippen molar-refractivity contribution in [3.05, 3.63) is 29.6 Å². The number of hydrogen-bond acceptors (Lipinski definition) is 4. The Hall–Kier alpha value is -1.23. The molecule has 1 aliphatic rings. The second kappa shape index (κ2) is 4.56. The van der Waals surface area contributed by atoms with Crippen LogP contribution in [0.25, 0.3) is 0 Å². The number of hydrogen-bond donors (Lipinski definition) is 0. The zero-order valence-corrected chi connectivity index (χ0v) is 10.5. The molecule has 1 unspecified atom stereocenters. The van der Waals surface area contributed by atoms with Crippen LogP contribution in [0.4, 0.5) is 0 Å². The summed E-state index contributed by atoms with van der Waals surface area (Å²) < 4.78 is 22.3. The van der Waals surface area contributed by atoms with Crippen molar-refractivity contribution in [1.82, 2.24) is 4.98 Å².